The number of carbonyl (C=O) groups is 3. The van der Waals surface area contributed by atoms with Gasteiger partial charge in [-0.25, -0.2) is 4.79 Å². The van der Waals surface area contributed by atoms with Crippen molar-refractivity contribution in [3.05, 3.63) is 194 Å². The summed E-state index contributed by atoms with van der Waals surface area (Å²) in [4.78, 5) is 37.8. The monoisotopic (exact) mass is 1400 g/mol. The average molecular weight is 1400 g/mol. The summed E-state index contributed by atoms with van der Waals surface area (Å²) in [5.74, 6) is -2.03. The third kappa shape index (κ3) is 81.3. The van der Waals surface area contributed by atoms with Gasteiger partial charge in [-0.05, 0) is 141 Å². The summed E-state index contributed by atoms with van der Waals surface area (Å²) in [6, 6.07) is 0. The number of likely N-dealkylation sites (N-methyl/N-ethyl adjacent to an activating group) is 1. The predicted octanol–water partition coefficient (Wildman–Crippen LogP) is 26.5. The number of carboxylic acid groups (broad SMARTS) is 1. The molecule has 0 rings (SSSR count). The van der Waals surface area contributed by atoms with E-state index in [0.29, 0.717) is 23.9 Å². The number of unbranched alkanes of at least 4 members (excludes halogenated alkanes) is 26. The first kappa shape index (κ1) is 95.1. The van der Waals surface area contributed by atoms with Crippen molar-refractivity contribution >= 4 is 17.9 Å². The van der Waals surface area contributed by atoms with Gasteiger partial charge in [0.25, 0.3) is 6.29 Å². The lowest BCUT2D eigenvalue weighted by Crippen LogP contribution is -2.40. The van der Waals surface area contributed by atoms with Crippen LogP contribution in [0.15, 0.2) is 194 Å². The molecule has 0 aliphatic heterocycles. The Labute approximate surface area is 621 Å². The molecule has 2 atom stereocenters. The Bertz CT molecular complexity index is 2380. The van der Waals surface area contributed by atoms with Crippen molar-refractivity contribution in [1.82, 2.24) is 0 Å². The highest BCUT2D eigenvalue weighted by Gasteiger charge is 2.25. The zero-order valence-corrected chi connectivity index (χ0v) is 65.2. The molecule has 9 heteroatoms. The number of carboxylic acids is 1. The molecule has 0 heterocycles. The molecule has 570 valence electrons. The molecule has 0 aromatic rings. The fourth-order valence-corrected chi connectivity index (χ4v) is 10.8. The van der Waals surface area contributed by atoms with Crippen molar-refractivity contribution in [2.24, 2.45) is 0 Å². The molecule has 0 amide bonds. The van der Waals surface area contributed by atoms with E-state index in [1.165, 1.54) is 116 Å². The van der Waals surface area contributed by atoms with Gasteiger partial charge in [-0.15, -0.1) is 0 Å². The van der Waals surface area contributed by atoms with E-state index in [1.807, 2.05) is 21.1 Å². The summed E-state index contributed by atoms with van der Waals surface area (Å²) >= 11 is 0. The normalized spacial score (nSPS) is 13.7. The maximum Gasteiger partial charge on any atom is 0.361 e. The van der Waals surface area contributed by atoms with Gasteiger partial charge < -0.3 is 28.5 Å². The summed E-state index contributed by atoms with van der Waals surface area (Å²) in [6.45, 7) is 4.63. The Hall–Kier alpha value is -5.87. The van der Waals surface area contributed by atoms with Gasteiger partial charge in [0.1, 0.15) is 13.2 Å². The molecule has 0 aromatic carbocycles. The maximum absolute atomic E-state index is 13.0. The van der Waals surface area contributed by atoms with Crippen molar-refractivity contribution in [3.63, 3.8) is 0 Å². The Balaban J connectivity index is 4.11. The van der Waals surface area contributed by atoms with Crippen LogP contribution in [0.3, 0.4) is 0 Å². The quantitative estimate of drug-likeness (QED) is 0.0211. The van der Waals surface area contributed by atoms with Crippen molar-refractivity contribution in [2.75, 3.05) is 47.5 Å². The highest BCUT2D eigenvalue weighted by atomic mass is 16.7. The Morgan fingerprint density at radius 3 is 0.792 bits per heavy atom. The lowest BCUT2D eigenvalue weighted by molar-refractivity contribution is -0.870. The Morgan fingerprint density at radius 2 is 0.535 bits per heavy atom. The van der Waals surface area contributed by atoms with Crippen LogP contribution in [-0.4, -0.2) is 87.4 Å². The number of nitrogens with zero attached hydrogens (tertiary/aromatic N) is 1. The number of allylic oxidation sites excluding steroid dienone is 32. The van der Waals surface area contributed by atoms with Crippen molar-refractivity contribution in [2.45, 2.75) is 322 Å². The van der Waals surface area contributed by atoms with Gasteiger partial charge in [0.2, 0.25) is 0 Å². The highest BCUT2D eigenvalue weighted by Crippen LogP contribution is 2.17. The van der Waals surface area contributed by atoms with Crippen LogP contribution in [0.25, 0.3) is 0 Å². The zero-order chi connectivity index (χ0) is 73.2. The van der Waals surface area contributed by atoms with E-state index in [2.05, 4.69) is 208 Å². The van der Waals surface area contributed by atoms with Crippen LogP contribution in [-0.2, 0) is 33.3 Å². The first-order valence-electron chi connectivity index (χ1n) is 40.6. The molecule has 0 spiro atoms. The molecule has 0 aromatic heterocycles. The number of hydrogen-bond acceptors (Lipinski definition) is 7. The Morgan fingerprint density at radius 1 is 0.297 bits per heavy atom. The smallest absolute Gasteiger partial charge is 0.361 e. The molecule has 1 N–H and O–H groups in total. The van der Waals surface area contributed by atoms with Gasteiger partial charge in [0.05, 0.1) is 34.4 Å². The SMILES string of the molecule is CC/C=C\C/C=C\C/C=C\C/C=C\C/C=C\C/C=C\C/C=C\C/C=C\C/C=C\C/C=C\CCCCCCCCC(=O)OC(COC(=O)CCCCCCCCCCCCCCCCCCCCCC/C=C\C/C=C\C/C=C\C/C=C\C/C=C\C/C=C\CC)COC(OCC[N+](C)(C)C)C(=O)O. The molecule has 0 aliphatic rings. The summed E-state index contributed by atoms with van der Waals surface area (Å²) < 4.78 is 23.0. The lowest BCUT2D eigenvalue weighted by Gasteiger charge is -2.25. The summed E-state index contributed by atoms with van der Waals surface area (Å²) in [6.07, 6.45) is 120. The molecule has 0 saturated carbocycles. The first-order chi connectivity index (χ1) is 49.6. The van der Waals surface area contributed by atoms with Gasteiger partial charge in [0, 0.05) is 12.8 Å². The second-order valence-corrected chi connectivity index (χ2v) is 27.6. The molecule has 0 saturated heterocycles. The minimum Gasteiger partial charge on any atom is -0.477 e. The largest absolute Gasteiger partial charge is 0.477 e. The number of esters is 2. The maximum atomic E-state index is 13.0. The highest BCUT2D eigenvalue weighted by molar-refractivity contribution is 5.71. The molecule has 0 fully saturated rings. The van der Waals surface area contributed by atoms with Crippen molar-refractivity contribution < 1.29 is 42.9 Å². The second kappa shape index (κ2) is 79.8. The number of aliphatic carboxylic acids is 1. The van der Waals surface area contributed by atoms with E-state index in [4.69, 9.17) is 18.9 Å². The van der Waals surface area contributed by atoms with Crippen molar-refractivity contribution in [3.8, 4) is 0 Å². The number of hydrogen-bond donors (Lipinski definition) is 1. The van der Waals surface area contributed by atoms with E-state index < -0.39 is 24.3 Å². The number of ether oxygens (including phenoxy) is 4. The third-order valence-corrected chi connectivity index (χ3v) is 16.8. The summed E-state index contributed by atoms with van der Waals surface area (Å²) in [5.41, 5.74) is 0. The molecule has 9 nitrogen and oxygen atoms in total. The van der Waals surface area contributed by atoms with Gasteiger partial charge in [-0.3, -0.25) is 9.59 Å². The van der Waals surface area contributed by atoms with E-state index in [-0.39, 0.29) is 32.2 Å². The first-order valence-corrected chi connectivity index (χ1v) is 40.6. The molecule has 2 unspecified atom stereocenters. The fraction of sp³-hybridized carbons (Fsp3) is 0.620. The number of carbonyl (C=O) groups excluding carboxylic acids is 2. The summed E-state index contributed by atoms with van der Waals surface area (Å²) in [5, 5.41) is 9.78. The third-order valence-electron chi connectivity index (χ3n) is 16.8. The Kier molecular flexibility index (Phi) is 75.2. The second-order valence-electron chi connectivity index (χ2n) is 27.6. The minimum atomic E-state index is -1.53. The van der Waals surface area contributed by atoms with Gasteiger partial charge in [0.15, 0.2) is 6.10 Å². The molecule has 0 radical (unpaired) electrons. The predicted molar refractivity (Wildman–Crippen MR) is 437 cm³/mol. The van der Waals surface area contributed by atoms with E-state index in [1.54, 1.807) is 0 Å². The van der Waals surface area contributed by atoms with Gasteiger partial charge in [-0.2, -0.15) is 0 Å². The lowest BCUT2D eigenvalue weighted by atomic mass is 10.0. The molecule has 101 heavy (non-hydrogen) atoms. The average Bonchev–Trinajstić information content (AvgIpc) is 1.25. The number of rotatable bonds is 73. The minimum absolute atomic E-state index is 0.176. The van der Waals surface area contributed by atoms with Crippen LogP contribution in [0.4, 0.5) is 0 Å². The molecule has 0 bridgehead atoms. The van der Waals surface area contributed by atoms with Crippen LogP contribution in [0.5, 0.6) is 0 Å². The van der Waals surface area contributed by atoms with E-state index in [9.17, 15) is 19.5 Å². The molecule has 0 aliphatic carbocycles. The topological polar surface area (TPSA) is 108 Å². The summed E-state index contributed by atoms with van der Waals surface area (Å²) in [7, 11) is 5.97. The van der Waals surface area contributed by atoms with E-state index >= 15 is 0 Å². The van der Waals surface area contributed by atoms with E-state index in [0.717, 1.165) is 161 Å². The van der Waals surface area contributed by atoms with Crippen LogP contribution in [0, 0.1) is 0 Å². The van der Waals surface area contributed by atoms with Crippen LogP contribution in [0.2, 0.25) is 0 Å². The van der Waals surface area contributed by atoms with Crippen LogP contribution < -0.4 is 0 Å². The van der Waals surface area contributed by atoms with Gasteiger partial charge >= 0.3 is 17.9 Å². The van der Waals surface area contributed by atoms with Crippen molar-refractivity contribution in [1.29, 1.82) is 0 Å². The molecular weight excluding hydrogens is 1250 g/mol. The van der Waals surface area contributed by atoms with Gasteiger partial charge in [-0.1, -0.05) is 350 Å². The molecular formula is C92H150NO8+. The fourth-order valence-electron chi connectivity index (χ4n) is 10.8. The number of quaternary nitrogens is 1. The van der Waals surface area contributed by atoms with Crippen LogP contribution >= 0.6 is 0 Å². The van der Waals surface area contributed by atoms with Crippen LogP contribution in [0.1, 0.15) is 309 Å². The standard InChI is InChI=1S/C92H149NO8/c1-6-8-10-12-14-16-18-20-22-24-26-28-30-32-34-36-38-40-42-44-45-47-48-50-52-54-56-58-60-62-64-66-68-70-72-74-76-78-80-82-89(94)99-86-88(87-100-92(91(96)97)98-85-84-93(3,4)5)101-90(95)83-81-79-77-75-73-71-69-67-65-63-61-59-57-55-53-51-49-46-43-41-39-37-35-33-31-29-27-25-23-21-19-17-15-13-11-9-7-2/h8-11,14-17,20-23,26-29,32-35,38-41,46,49,53,55,59,61,65,67,88,92H,6-7,12-13,18-19,24-25,30-31,36-37,42-45,47-48,50-52,54,56-58,60,62-64,66,68-87H2,1-5H3/p+1/b10-8-,11-9-,16-14-,17-15-,22-20-,23-21-,28-26-,29-27-,34-32-,35-33-,40-38-,41-39-,49-46-,55-53-,61-59-,67-65-. The zero-order valence-electron chi connectivity index (χ0n) is 65.2.